The number of likely N-dealkylation sites (N-methyl/N-ethyl adjacent to an activating group) is 1. The van der Waals surface area contributed by atoms with Crippen LogP contribution in [0.2, 0.25) is 0 Å². The summed E-state index contributed by atoms with van der Waals surface area (Å²) < 4.78 is 0. The standard InChI is InChI=1S/C23H26N2O3/c1-14-9-10-18(16(3)13-14)20-21(24(5)11-12-26)23(28)25(22(20)27)19-8-6-7-15(2)17(19)4/h6-10,13,26H,11-12H2,1-5H3. The molecule has 2 aromatic rings. The number of aryl methyl sites for hydroxylation is 3. The minimum Gasteiger partial charge on any atom is -0.395 e. The average Bonchev–Trinajstić information content (AvgIpc) is 2.88. The van der Waals surface area contributed by atoms with Crippen LogP contribution in [-0.4, -0.2) is 42.0 Å². The Bertz CT molecular complexity index is 991. The molecular formula is C23H26N2O3. The molecule has 1 heterocycles. The number of carbonyl (C=O) groups is 2. The van der Waals surface area contributed by atoms with Gasteiger partial charge in [0.2, 0.25) is 0 Å². The summed E-state index contributed by atoms with van der Waals surface area (Å²) in [6, 6.07) is 11.4. The number of benzene rings is 2. The summed E-state index contributed by atoms with van der Waals surface area (Å²) in [4.78, 5) is 29.8. The van der Waals surface area contributed by atoms with Crippen LogP contribution in [-0.2, 0) is 9.59 Å². The molecule has 146 valence electrons. The highest BCUT2D eigenvalue weighted by atomic mass is 16.3. The number of hydrogen-bond acceptors (Lipinski definition) is 4. The largest absolute Gasteiger partial charge is 0.395 e. The first-order valence-electron chi connectivity index (χ1n) is 9.36. The predicted molar refractivity (Wildman–Crippen MR) is 111 cm³/mol. The van der Waals surface area contributed by atoms with Gasteiger partial charge in [-0.2, -0.15) is 0 Å². The van der Waals surface area contributed by atoms with Gasteiger partial charge in [0.1, 0.15) is 5.70 Å². The third-order valence-electron chi connectivity index (χ3n) is 5.34. The van der Waals surface area contributed by atoms with Crippen LogP contribution in [0, 0.1) is 27.7 Å². The van der Waals surface area contributed by atoms with E-state index in [9.17, 15) is 14.7 Å². The van der Waals surface area contributed by atoms with Crippen molar-refractivity contribution in [3.63, 3.8) is 0 Å². The first kappa shape index (κ1) is 19.8. The second kappa shape index (κ2) is 7.60. The van der Waals surface area contributed by atoms with Gasteiger partial charge in [-0.3, -0.25) is 9.59 Å². The number of aliphatic hydroxyl groups is 1. The van der Waals surface area contributed by atoms with Crippen LogP contribution in [0.25, 0.3) is 5.57 Å². The van der Waals surface area contributed by atoms with Crippen molar-refractivity contribution in [2.75, 3.05) is 25.1 Å². The monoisotopic (exact) mass is 378 g/mol. The molecule has 0 spiro atoms. The van der Waals surface area contributed by atoms with Crippen molar-refractivity contribution in [1.29, 1.82) is 0 Å². The van der Waals surface area contributed by atoms with Crippen molar-refractivity contribution in [3.8, 4) is 0 Å². The van der Waals surface area contributed by atoms with Crippen LogP contribution < -0.4 is 4.90 Å². The van der Waals surface area contributed by atoms with Gasteiger partial charge in [-0.15, -0.1) is 0 Å². The topological polar surface area (TPSA) is 60.9 Å². The van der Waals surface area contributed by atoms with Gasteiger partial charge in [0.25, 0.3) is 11.8 Å². The quantitative estimate of drug-likeness (QED) is 0.812. The van der Waals surface area contributed by atoms with E-state index < -0.39 is 0 Å². The van der Waals surface area contributed by atoms with Crippen molar-refractivity contribution < 1.29 is 14.7 Å². The van der Waals surface area contributed by atoms with Gasteiger partial charge >= 0.3 is 0 Å². The molecule has 0 saturated carbocycles. The second-order valence-electron chi connectivity index (χ2n) is 7.35. The fraction of sp³-hybridized carbons (Fsp3) is 0.304. The van der Waals surface area contributed by atoms with E-state index in [1.165, 1.54) is 4.90 Å². The molecule has 0 atom stereocenters. The summed E-state index contributed by atoms with van der Waals surface area (Å²) >= 11 is 0. The van der Waals surface area contributed by atoms with Crippen LogP contribution >= 0.6 is 0 Å². The molecule has 0 unspecified atom stereocenters. The zero-order valence-electron chi connectivity index (χ0n) is 17.0. The predicted octanol–water partition coefficient (Wildman–Crippen LogP) is 3.13. The van der Waals surface area contributed by atoms with Crippen LogP contribution in [0.3, 0.4) is 0 Å². The molecule has 1 aliphatic heterocycles. The van der Waals surface area contributed by atoms with E-state index in [1.807, 2.05) is 58.0 Å². The summed E-state index contributed by atoms with van der Waals surface area (Å²) in [6.45, 7) is 7.97. The molecule has 0 bridgehead atoms. The molecule has 1 N–H and O–H groups in total. The van der Waals surface area contributed by atoms with Crippen molar-refractivity contribution in [2.24, 2.45) is 0 Å². The lowest BCUT2D eigenvalue weighted by atomic mass is 9.97. The normalized spacial score (nSPS) is 14.3. The number of imide groups is 1. The van der Waals surface area contributed by atoms with E-state index in [4.69, 9.17) is 0 Å². The third kappa shape index (κ3) is 3.22. The van der Waals surface area contributed by atoms with E-state index >= 15 is 0 Å². The Kier molecular flexibility index (Phi) is 5.38. The fourth-order valence-electron chi connectivity index (χ4n) is 3.67. The summed E-state index contributed by atoms with van der Waals surface area (Å²) in [7, 11) is 1.73. The van der Waals surface area contributed by atoms with E-state index in [2.05, 4.69) is 0 Å². The molecule has 0 aliphatic carbocycles. The van der Waals surface area contributed by atoms with Crippen molar-refractivity contribution >= 4 is 23.1 Å². The van der Waals surface area contributed by atoms with Gasteiger partial charge in [-0.25, -0.2) is 4.90 Å². The number of carbonyl (C=O) groups excluding carboxylic acids is 2. The SMILES string of the molecule is Cc1ccc(C2=C(N(C)CCO)C(=O)N(c3cccc(C)c3C)C2=O)c(C)c1. The number of anilines is 1. The number of hydrogen-bond donors (Lipinski definition) is 1. The van der Waals surface area contributed by atoms with Gasteiger partial charge in [0.05, 0.1) is 17.9 Å². The number of rotatable bonds is 5. The van der Waals surface area contributed by atoms with Crippen molar-refractivity contribution in [2.45, 2.75) is 27.7 Å². The van der Waals surface area contributed by atoms with Crippen molar-refractivity contribution in [1.82, 2.24) is 4.90 Å². The minimum atomic E-state index is -0.357. The van der Waals surface area contributed by atoms with Crippen molar-refractivity contribution in [3.05, 3.63) is 69.9 Å². The maximum atomic E-state index is 13.5. The van der Waals surface area contributed by atoms with Gasteiger partial charge in [0.15, 0.2) is 0 Å². The number of amides is 2. The summed E-state index contributed by atoms with van der Waals surface area (Å²) in [5.74, 6) is -0.685. The van der Waals surface area contributed by atoms with E-state index in [0.29, 0.717) is 17.0 Å². The van der Waals surface area contributed by atoms with E-state index in [1.54, 1.807) is 18.0 Å². The number of aliphatic hydroxyl groups excluding tert-OH is 1. The Morgan fingerprint density at radius 3 is 2.32 bits per heavy atom. The highest BCUT2D eigenvalue weighted by Crippen LogP contribution is 2.37. The molecule has 0 radical (unpaired) electrons. The van der Waals surface area contributed by atoms with Crippen LogP contribution in [0.4, 0.5) is 5.69 Å². The van der Waals surface area contributed by atoms with E-state index in [0.717, 1.165) is 27.8 Å². The molecule has 5 heteroatoms. The first-order valence-corrected chi connectivity index (χ1v) is 9.36. The van der Waals surface area contributed by atoms with Crippen LogP contribution in [0.5, 0.6) is 0 Å². The Morgan fingerprint density at radius 2 is 1.68 bits per heavy atom. The maximum absolute atomic E-state index is 13.5. The van der Waals surface area contributed by atoms with Gasteiger partial charge < -0.3 is 10.0 Å². The Morgan fingerprint density at radius 1 is 0.964 bits per heavy atom. The highest BCUT2D eigenvalue weighted by molar-refractivity contribution is 6.45. The first-order chi connectivity index (χ1) is 13.3. The molecule has 2 amide bonds. The summed E-state index contributed by atoms with van der Waals surface area (Å²) in [6.07, 6.45) is 0. The molecule has 0 fully saturated rings. The number of nitrogens with zero attached hydrogens (tertiary/aromatic N) is 2. The molecule has 0 aromatic heterocycles. The summed E-state index contributed by atoms with van der Waals surface area (Å²) in [5, 5.41) is 9.39. The molecule has 5 nitrogen and oxygen atoms in total. The highest BCUT2D eigenvalue weighted by Gasteiger charge is 2.42. The lowest BCUT2D eigenvalue weighted by Crippen LogP contribution is -2.35. The molecule has 0 saturated heterocycles. The van der Waals surface area contributed by atoms with Gasteiger partial charge in [0, 0.05) is 13.6 Å². The molecule has 28 heavy (non-hydrogen) atoms. The van der Waals surface area contributed by atoms with Gasteiger partial charge in [-0.1, -0.05) is 35.9 Å². The molecule has 1 aliphatic rings. The zero-order chi connectivity index (χ0) is 20.6. The molecule has 3 rings (SSSR count). The van der Waals surface area contributed by atoms with Crippen LogP contribution in [0.1, 0.15) is 27.8 Å². The lowest BCUT2D eigenvalue weighted by molar-refractivity contribution is -0.120. The smallest absolute Gasteiger partial charge is 0.282 e. The average molecular weight is 378 g/mol. The lowest BCUT2D eigenvalue weighted by Gasteiger charge is -2.21. The Labute approximate surface area is 165 Å². The second-order valence-corrected chi connectivity index (χ2v) is 7.35. The maximum Gasteiger partial charge on any atom is 0.282 e. The third-order valence-corrected chi connectivity index (χ3v) is 5.34. The van der Waals surface area contributed by atoms with Crippen LogP contribution in [0.15, 0.2) is 42.1 Å². The minimum absolute atomic E-state index is 0.106. The fourth-order valence-corrected chi connectivity index (χ4v) is 3.67. The Balaban J connectivity index is 2.21. The van der Waals surface area contributed by atoms with Gasteiger partial charge in [-0.05, 0) is 56.0 Å². The molecular weight excluding hydrogens is 352 g/mol. The Hall–Kier alpha value is -2.92. The molecule has 2 aromatic carbocycles. The summed E-state index contributed by atoms with van der Waals surface area (Å²) in [5.41, 5.74) is 6.01. The zero-order valence-corrected chi connectivity index (χ0v) is 17.0. The van der Waals surface area contributed by atoms with E-state index in [-0.39, 0.29) is 25.0 Å².